The fourth-order valence-corrected chi connectivity index (χ4v) is 2.71. The molecular formula is C14H11N3S. The Morgan fingerprint density at radius 2 is 1.67 bits per heavy atom. The highest BCUT2D eigenvalue weighted by atomic mass is 32.1. The van der Waals surface area contributed by atoms with Crippen LogP contribution in [-0.2, 0) is 0 Å². The van der Waals surface area contributed by atoms with Crippen molar-refractivity contribution in [2.75, 3.05) is 0 Å². The number of hydrogen-bond acceptors (Lipinski definition) is 4. The van der Waals surface area contributed by atoms with Gasteiger partial charge < -0.3 is 0 Å². The Bertz CT molecular complexity index is 590. The molecule has 0 saturated heterocycles. The Labute approximate surface area is 109 Å². The average molecular weight is 253 g/mol. The molecule has 0 bridgehead atoms. The fraction of sp³-hybridized carbons (Fsp3) is 0.0714. The lowest BCUT2D eigenvalue weighted by molar-refractivity contribution is 1.14. The predicted molar refractivity (Wildman–Crippen MR) is 73.3 cm³/mol. The molecule has 0 fully saturated rings. The number of hydrogen-bond donors (Lipinski definition) is 0. The average Bonchev–Trinajstić information content (AvgIpc) is 2.83. The first-order valence-corrected chi connectivity index (χ1v) is 6.46. The molecule has 2 aromatic heterocycles. The minimum Gasteiger partial charge on any atom is -0.237 e. The molecule has 0 aliphatic heterocycles. The number of aromatic nitrogens is 3. The van der Waals surface area contributed by atoms with E-state index in [1.165, 1.54) is 0 Å². The van der Waals surface area contributed by atoms with Crippen molar-refractivity contribution in [3.05, 3.63) is 53.8 Å². The standard InChI is InChI=1S/C14H11N3S/c1-10-17-12(14-15-8-5-9-16-14)13(18-10)11-6-3-2-4-7-11/h2-9H,1H3. The number of aryl methyl sites for hydroxylation is 1. The third kappa shape index (κ3) is 2.02. The van der Waals surface area contributed by atoms with Crippen LogP contribution in [0.3, 0.4) is 0 Å². The number of nitrogens with zero attached hydrogens (tertiary/aromatic N) is 3. The van der Waals surface area contributed by atoms with Gasteiger partial charge in [-0.2, -0.15) is 0 Å². The second-order valence-electron chi connectivity index (χ2n) is 3.85. The van der Waals surface area contributed by atoms with Crippen molar-refractivity contribution in [3.63, 3.8) is 0 Å². The summed E-state index contributed by atoms with van der Waals surface area (Å²) in [6, 6.07) is 12.0. The minimum absolute atomic E-state index is 0.681. The van der Waals surface area contributed by atoms with Gasteiger partial charge in [0.25, 0.3) is 0 Å². The topological polar surface area (TPSA) is 38.7 Å². The maximum atomic E-state index is 4.55. The molecule has 4 heteroatoms. The highest BCUT2D eigenvalue weighted by molar-refractivity contribution is 7.15. The molecule has 0 atom stereocenters. The molecule has 18 heavy (non-hydrogen) atoms. The van der Waals surface area contributed by atoms with Gasteiger partial charge in [0, 0.05) is 12.4 Å². The molecule has 0 unspecified atom stereocenters. The van der Waals surface area contributed by atoms with Crippen LogP contribution >= 0.6 is 11.3 Å². The van der Waals surface area contributed by atoms with Gasteiger partial charge in [-0.05, 0) is 18.6 Å². The summed E-state index contributed by atoms with van der Waals surface area (Å²) in [5, 5.41) is 1.02. The molecule has 2 heterocycles. The molecule has 0 aliphatic carbocycles. The summed E-state index contributed by atoms with van der Waals surface area (Å²) in [4.78, 5) is 14.2. The zero-order valence-electron chi connectivity index (χ0n) is 9.87. The molecule has 1 aromatic carbocycles. The third-order valence-electron chi connectivity index (χ3n) is 2.55. The van der Waals surface area contributed by atoms with Crippen LogP contribution in [0.25, 0.3) is 22.0 Å². The molecule has 0 N–H and O–H groups in total. The van der Waals surface area contributed by atoms with E-state index in [1.54, 1.807) is 23.7 Å². The molecule has 0 spiro atoms. The summed E-state index contributed by atoms with van der Waals surface area (Å²) >= 11 is 1.67. The Hall–Kier alpha value is -2.07. The SMILES string of the molecule is Cc1nc(-c2ncccn2)c(-c2ccccc2)s1. The predicted octanol–water partition coefficient (Wildman–Crippen LogP) is 3.58. The summed E-state index contributed by atoms with van der Waals surface area (Å²) < 4.78 is 0. The van der Waals surface area contributed by atoms with E-state index < -0.39 is 0 Å². The van der Waals surface area contributed by atoms with E-state index in [4.69, 9.17) is 0 Å². The van der Waals surface area contributed by atoms with E-state index >= 15 is 0 Å². The largest absolute Gasteiger partial charge is 0.237 e. The van der Waals surface area contributed by atoms with E-state index in [9.17, 15) is 0 Å². The van der Waals surface area contributed by atoms with Crippen molar-refractivity contribution in [1.82, 2.24) is 15.0 Å². The van der Waals surface area contributed by atoms with E-state index in [2.05, 4.69) is 27.1 Å². The molecule has 3 nitrogen and oxygen atoms in total. The first kappa shape index (κ1) is 11.0. The Morgan fingerprint density at radius 1 is 0.944 bits per heavy atom. The fourth-order valence-electron chi connectivity index (χ4n) is 1.79. The highest BCUT2D eigenvalue weighted by Gasteiger charge is 2.14. The lowest BCUT2D eigenvalue weighted by atomic mass is 10.1. The van der Waals surface area contributed by atoms with Crippen LogP contribution in [-0.4, -0.2) is 15.0 Å². The van der Waals surface area contributed by atoms with Crippen LogP contribution in [0.2, 0.25) is 0 Å². The summed E-state index contributed by atoms with van der Waals surface area (Å²) in [6.07, 6.45) is 3.48. The minimum atomic E-state index is 0.681. The smallest absolute Gasteiger partial charge is 0.179 e. The quantitative estimate of drug-likeness (QED) is 0.700. The van der Waals surface area contributed by atoms with Crippen molar-refractivity contribution < 1.29 is 0 Å². The van der Waals surface area contributed by atoms with Crippen molar-refractivity contribution in [3.8, 4) is 22.0 Å². The van der Waals surface area contributed by atoms with Gasteiger partial charge in [-0.3, -0.25) is 0 Å². The van der Waals surface area contributed by atoms with Gasteiger partial charge in [-0.25, -0.2) is 15.0 Å². The maximum Gasteiger partial charge on any atom is 0.179 e. The number of thiazole rings is 1. The Morgan fingerprint density at radius 3 is 2.39 bits per heavy atom. The van der Waals surface area contributed by atoms with Gasteiger partial charge in [-0.1, -0.05) is 30.3 Å². The first-order valence-electron chi connectivity index (χ1n) is 5.65. The van der Waals surface area contributed by atoms with Crippen LogP contribution in [0, 0.1) is 6.92 Å². The van der Waals surface area contributed by atoms with Crippen LogP contribution in [0.4, 0.5) is 0 Å². The van der Waals surface area contributed by atoms with Crippen molar-refractivity contribution in [2.45, 2.75) is 6.92 Å². The molecule has 0 amide bonds. The van der Waals surface area contributed by atoms with Gasteiger partial charge in [-0.15, -0.1) is 11.3 Å². The van der Waals surface area contributed by atoms with Crippen LogP contribution < -0.4 is 0 Å². The molecule has 88 valence electrons. The molecule has 0 saturated carbocycles. The molecule has 3 rings (SSSR count). The Balaban J connectivity index is 2.17. The highest BCUT2D eigenvalue weighted by Crippen LogP contribution is 2.34. The van der Waals surface area contributed by atoms with Crippen molar-refractivity contribution in [2.24, 2.45) is 0 Å². The van der Waals surface area contributed by atoms with Crippen LogP contribution in [0.1, 0.15) is 5.01 Å². The van der Waals surface area contributed by atoms with Crippen molar-refractivity contribution >= 4 is 11.3 Å². The van der Waals surface area contributed by atoms with Crippen LogP contribution in [0.5, 0.6) is 0 Å². The molecular weight excluding hydrogens is 242 g/mol. The molecule has 3 aromatic rings. The maximum absolute atomic E-state index is 4.55. The van der Waals surface area contributed by atoms with Gasteiger partial charge >= 0.3 is 0 Å². The van der Waals surface area contributed by atoms with Gasteiger partial charge in [0.15, 0.2) is 5.82 Å². The summed E-state index contributed by atoms with van der Waals surface area (Å²) in [6.45, 7) is 2.00. The molecule has 0 radical (unpaired) electrons. The molecule has 0 aliphatic rings. The second-order valence-corrected chi connectivity index (χ2v) is 5.05. The van der Waals surface area contributed by atoms with Gasteiger partial charge in [0.1, 0.15) is 5.69 Å². The number of rotatable bonds is 2. The monoisotopic (exact) mass is 253 g/mol. The van der Waals surface area contributed by atoms with E-state index in [0.29, 0.717) is 5.82 Å². The summed E-state index contributed by atoms with van der Waals surface area (Å²) in [5.74, 6) is 0.681. The zero-order chi connectivity index (χ0) is 12.4. The van der Waals surface area contributed by atoms with Crippen LogP contribution in [0.15, 0.2) is 48.8 Å². The van der Waals surface area contributed by atoms with E-state index in [0.717, 1.165) is 21.1 Å². The van der Waals surface area contributed by atoms with Crippen molar-refractivity contribution in [1.29, 1.82) is 0 Å². The summed E-state index contributed by atoms with van der Waals surface area (Å²) in [5.41, 5.74) is 2.02. The third-order valence-corrected chi connectivity index (χ3v) is 3.57. The van der Waals surface area contributed by atoms with Gasteiger partial charge in [0.2, 0.25) is 0 Å². The normalized spacial score (nSPS) is 10.5. The number of benzene rings is 1. The zero-order valence-corrected chi connectivity index (χ0v) is 10.7. The lowest BCUT2D eigenvalue weighted by Crippen LogP contribution is -1.89. The second kappa shape index (κ2) is 4.66. The van der Waals surface area contributed by atoms with E-state index in [1.807, 2.05) is 31.2 Å². The first-order chi connectivity index (χ1) is 8.84. The lowest BCUT2D eigenvalue weighted by Gasteiger charge is -2.00. The van der Waals surface area contributed by atoms with Gasteiger partial charge in [0.05, 0.1) is 9.88 Å². The van der Waals surface area contributed by atoms with E-state index in [-0.39, 0.29) is 0 Å². The Kier molecular flexibility index (Phi) is 2.86. The summed E-state index contributed by atoms with van der Waals surface area (Å²) in [7, 11) is 0.